The van der Waals surface area contributed by atoms with Crippen molar-refractivity contribution in [1.29, 1.82) is 0 Å². The minimum absolute atomic E-state index is 0. The monoisotopic (exact) mass is 1020 g/mol. The van der Waals surface area contributed by atoms with E-state index < -0.39 is 66.3 Å². The van der Waals surface area contributed by atoms with Crippen LogP contribution in [0.15, 0.2) is 170 Å². The van der Waals surface area contributed by atoms with Crippen LogP contribution in [0.3, 0.4) is 0 Å². The van der Waals surface area contributed by atoms with Gasteiger partial charge < -0.3 is 13.9 Å². The maximum Gasteiger partial charge on any atom is 0.268 e. The van der Waals surface area contributed by atoms with E-state index in [1.807, 2.05) is 49.4 Å². The van der Waals surface area contributed by atoms with Crippen LogP contribution in [0.5, 0.6) is 11.5 Å². The molecule has 1 unspecified atom stereocenters. The summed E-state index contributed by atoms with van der Waals surface area (Å²) in [6.45, 7) is 14.7. The molecule has 0 aliphatic rings. The molecule has 3 heterocycles. The SMILES string of the molecule is [2H]c1c([2H])c([2H])c(-c2cccc(-c3c([2H])c([2H])c([2H])c([2H])c3[2H])c2-[n+]2[c-]n(-c3[c-]c(Oc4[c-]c5c(cc4)c4cc(C(C)(C)C)ccc4n5-c4cc(C([2H])(C)C(C)(C)C)ccn4)ccc3)c3ccccc32)c([2H])c1[2H].[Pt]. The summed E-state index contributed by atoms with van der Waals surface area (Å²) in [5.41, 5.74) is 4.90. The fourth-order valence-electron chi connectivity index (χ4n) is 8.00. The summed E-state index contributed by atoms with van der Waals surface area (Å²) in [7, 11) is 0. The first-order chi connectivity index (χ1) is 34.9. The van der Waals surface area contributed by atoms with Crippen molar-refractivity contribution >= 4 is 32.8 Å². The Kier molecular flexibility index (Phi) is 8.25. The first kappa shape index (κ1) is 31.3. The van der Waals surface area contributed by atoms with Gasteiger partial charge in [-0.2, -0.15) is 18.2 Å². The number of pyridine rings is 1. The molecule has 6 heteroatoms. The van der Waals surface area contributed by atoms with E-state index in [-0.39, 0.29) is 59.8 Å². The normalized spacial score (nSPS) is 15.3. The van der Waals surface area contributed by atoms with E-state index in [0.29, 0.717) is 34.0 Å². The molecule has 0 radical (unpaired) electrons. The van der Waals surface area contributed by atoms with Gasteiger partial charge in [-0.3, -0.25) is 4.57 Å². The molecule has 7 aromatic carbocycles. The molecule has 0 bridgehead atoms. The average Bonchev–Trinajstić information content (AvgIpc) is 3.93. The van der Waals surface area contributed by atoms with Crippen molar-refractivity contribution in [2.45, 2.75) is 59.8 Å². The zero-order valence-corrected chi connectivity index (χ0v) is 38.7. The predicted molar refractivity (Wildman–Crippen MR) is 257 cm³/mol. The predicted octanol–water partition coefficient (Wildman–Crippen LogP) is 14.4. The summed E-state index contributed by atoms with van der Waals surface area (Å²) in [4.78, 5) is 4.86. The van der Waals surface area contributed by atoms with Crippen LogP contribution in [0.25, 0.3) is 72.3 Å². The second-order valence-electron chi connectivity index (χ2n) is 17.6. The number of aromatic nitrogens is 4. The Balaban J connectivity index is 0.00000689. The van der Waals surface area contributed by atoms with Crippen molar-refractivity contribution in [3.63, 3.8) is 0 Å². The number of imidazole rings is 1. The van der Waals surface area contributed by atoms with E-state index in [0.717, 1.165) is 27.4 Å². The third kappa shape index (κ3) is 7.88. The van der Waals surface area contributed by atoms with Gasteiger partial charge in [0.25, 0.3) is 6.33 Å². The summed E-state index contributed by atoms with van der Waals surface area (Å²) in [5, 5.41) is 1.96. The van der Waals surface area contributed by atoms with E-state index in [1.54, 1.807) is 57.8 Å². The molecule has 64 heavy (non-hydrogen) atoms. The Bertz CT molecular complexity index is 3820. The molecule has 320 valence electrons. The number of hydrogen-bond donors (Lipinski definition) is 0. The Morgan fingerprint density at radius 1 is 0.688 bits per heavy atom. The molecule has 0 saturated carbocycles. The molecular weight excluding hydrogens is 964 g/mol. The van der Waals surface area contributed by atoms with Gasteiger partial charge in [-0.05, 0) is 79.4 Å². The Morgan fingerprint density at radius 2 is 1.36 bits per heavy atom. The summed E-state index contributed by atoms with van der Waals surface area (Å²) < 4.78 is 109. The molecule has 0 aliphatic heterocycles. The molecule has 5 nitrogen and oxygen atoms in total. The molecule has 0 aliphatic carbocycles. The second-order valence-corrected chi connectivity index (χ2v) is 17.6. The van der Waals surface area contributed by atoms with Crippen molar-refractivity contribution in [2.24, 2.45) is 5.41 Å². The standard InChI is InChI=1S/C58H50N4O.Pt/c1-39(57(2,3)4)42-32-33-59-55(34-42)62-51-31-28-43(58(5,6)7)35-50(51)49-30-29-46(37-54(49)62)63-45-23-16-22-44(36-45)60-38-61(53-27-15-14-26-52(53)60)56-47(40-18-10-8-11-19-40)24-17-25-48(56)41-20-12-9-13-21-41;/h8-35,39H,1-7H3;/q-2;/i8D,9D,10D,11D,12D,13D,18D,19D,20D,21D,39D;. The van der Waals surface area contributed by atoms with E-state index >= 15 is 0 Å². The van der Waals surface area contributed by atoms with Gasteiger partial charge in [0.2, 0.25) is 0 Å². The van der Waals surface area contributed by atoms with Gasteiger partial charge in [0.1, 0.15) is 5.82 Å². The van der Waals surface area contributed by atoms with Crippen LogP contribution in [0.2, 0.25) is 0 Å². The Morgan fingerprint density at radius 3 is 2.05 bits per heavy atom. The number of ether oxygens (including phenoxy) is 1. The van der Waals surface area contributed by atoms with Gasteiger partial charge in [0, 0.05) is 45.6 Å². The number of hydrogen-bond acceptors (Lipinski definition) is 2. The van der Waals surface area contributed by atoms with Crippen LogP contribution >= 0.6 is 0 Å². The van der Waals surface area contributed by atoms with Crippen LogP contribution in [0.1, 0.15) is 80.6 Å². The first-order valence-corrected chi connectivity index (χ1v) is 20.8. The van der Waals surface area contributed by atoms with Crippen molar-refractivity contribution in [1.82, 2.24) is 14.1 Å². The molecule has 0 fully saturated rings. The maximum atomic E-state index is 9.42. The van der Waals surface area contributed by atoms with Crippen molar-refractivity contribution in [3.8, 4) is 50.9 Å². The van der Waals surface area contributed by atoms with Gasteiger partial charge in [0.05, 0.1) is 30.4 Å². The van der Waals surface area contributed by atoms with E-state index in [1.165, 1.54) is 5.56 Å². The second kappa shape index (κ2) is 16.9. The molecular formula is C58H50N4OPt-2. The fraction of sp³-hybridized carbons (Fsp3) is 0.172. The Hall–Kier alpha value is -6.55. The third-order valence-corrected chi connectivity index (χ3v) is 11.6. The summed E-state index contributed by atoms with van der Waals surface area (Å²) in [5.74, 6) is 0.448. The summed E-state index contributed by atoms with van der Waals surface area (Å²) in [6, 6.07) is 33.2. The van der Waals surface area contributed by atoms with Crippen molar-refractivity contribution in [2.75, 3.05) is 0 Å². The molecule has 10 rings (SSSR count). The molecule has 1 atom stereocenters. The van der Waals surface area contributed by atoms with Gasteiger partial charge in [-0.25, -0.2) is 4.98 Å². The molecule has 3 aromatic heterocycles. The summed E-state index contributed by atoms with van der Waals surface area (Å²) in [6.07, 6.45) is 5.16. The molecule has 0 spiro atoms. The van der Waals surface area contributed by atoms with Crippen molar-refractivity contribution in [3.05, 3.63) is 199 Å². The number of fused-ring (bicyclic) bond motifs is 4. The van der Waals surface area contributed by atoms with Crippen molar-refractivity contribution < 1.29 is 45.4 Å². The van der Waals surface area contributed by atoms with E-state index in [4.69, 9.17) is 23.4 Å². The molecule has 0 N–H and O–H groups in total. The zero-order chi connectivity index (χ0) is 53.1. The van der Waals surface area contributed by atoms with Gasteiger partial charge in [-0.15, -0.1) is 29.7 Å². The minimum atomic E-state index is -0.927. The number of para-hydroxylation sites is 3. The number of rotatable bonds is 8. The van der Waals surface area contributed by atoms with E-state index in [2.05, 4.69) is 82.8 Å². The number of nitrogens with zero attached hydrogens (tertiary/aromatic N) is 4. The van der Waals surface area contributed by atoms with Gasteiger partial charge >= 0.3 is 0 Å². The molecule has 0 amide bonds. The largest absolute Gasteiger partial charge is 0.510 e. The molecule has 10 aromatic rings. The van der Waals surface area contributed by atoms with Crippen LogP contribution < -0.4 is 9.30 Å². The fourth-order valence-corrected chi connectivity index (χ4v) is 8.00. The first-order valence-electron chi connectivity index (χ1n) is 26.3. The van der Waals surface area contributed by atoms with Crippen LogP contribution in [0, 0.1) is 23.9 Å². The van der Waals surface area contributed by atoms with Crippen LogP contribution in [0.4, 0.5) is 0 Å². The van der Waals surface area contributed by atoms with Crippen LogP contribution in [-0.4, -0.2) is 14.1 Å². The third-order valence-electron chi connectivity index (χ3n) is 11.6. The quantitative estimate of drug-likeness (QED) is 0.112. The van der Waals surface area contributed by atoms with Gasteiger partial charge in [-0.1, -0.05) is 169 Å². The molecule has 0 saturated heterocycles. The Labute approximate surface area is 406 Å². The van der Waals surface area contributed by atoms with Crippen LogP contribution in [-0.2, 0) is 26.5 Å². The van der Waals surface area contributed by atoms with E-state index in [9.17, 15) is 1.37 Å². The smallest absolute Gasteiger partial charge is 0.268 e. The average molecular weight is 1030 g/mol. The maximum absolute atomic E-state index is 9.42. The minimum Gasteiger partial charge on any atom is -0.510 e. The van der Waals surface area contributed by atoms with Gasteiger partial charge in [0.15, 0.2) is 0 Å². The topological polar surface area (TPSA) is 35.9 Å². The zero-order valence-electron chi connectivity index (χ0n) is 47.4. The summed E-state index contributed by atoms with van der Waals surface area (Å²) >= 11 is 0. The number of benzene rings is 7.